The molecule has 0 saturated carbocycles. The molecule has 0 unspecified atom stereocenters. The number of nitrogens with one attached hydrogen (secondary N) is 1. The van der Waals surface area contributed by atoms with Crippen LogP contribution in [0.15, 0.2) is 18.2 Å². The van der Waals surface area contributed by atoms with E-state index in [1.165, 1.54) is 18.2 Å². The molecule has 0 fully saturated rings. The molecular weight excluding hydrogens is 256 g/mol. The molecule has 0 radical (unpaired) electrons. The fourth-order valence-corrected chi connectivity index (χ4v) is 1.69. The number of halogens is 1. The third kappa shape index (κ3) is 4.00. The van der Waals surface area contributed by atoms with Crippen molar-refractivity contribution in [2.75, 3.05) is 6.54 Å². The molecule has 0 aliphatic heterocycles. The first-order valence-corrected chi connectivity index (χ1v) is 6.16. The van der Waals surface area contributed by atoms with Gasteiger partial charge in [-0.25, -0.2) is 0 Å². The number of carbonyl (C=O) groups is 1. The molecular formula is C12H15ClN2O3. The molecule has 0 atom stereocenters. The maximum absolute atomic E-state index is 11.8. The highest BCUT2D eigenvalue weighted by atomic mass is 35.5. The topological polar surface area (TPSA) is 72.2 Å². The minimum atomic E-state index is -0.604. The van der Waals surface area contributed by atoms with Crippen molar-refractivity contribution in [1.82, 2.24) is 5.32 Å². The Morgan fingerprint density at radius 1 is 1.44 bits per heavy atom. The molecule has 6 heteroatoms. The summed E-state index contributed by atoms with van der Waals surface area (Å²) in [6.45, 7) is 2.58. The average Bonchev–Trinajstić information content (AvgIpc) is 2.34. The summed E-state index contributed by atoms with van der Waals surface area (Å²) in [6, 6.07) is 4.02. The van der Waals surface area contributed by atoms with Crippen molar-refractivity contribution in [3.05, 3.63) is 38.9 Å². The number of nitro benzene ring substituents is 1. The van der Waals surface area contributed by atoms with Gasteiger partial charge < -0.3 is 5.32 Å². The molecule has 18 heavy (non-hydrogen) atoms. The van der Waals surface area contributed by atoms with E-state index < -0.39 is 10.8 Å². The van der Waals surface area contributed by atoms with Gasteiger partial charge in [0.2, 0.25) is 0 Å². The summed E-state index contributed by atoms with van der Waals surface area (Å²) in [5.74, 6) is -0.436. The van der Waals surface area contributed by atoms with E-state index in [1.54, 1.807) is 0 Å². The highest BCUT2D eigenvalue weighted by molar-refractivity contribution is 6.31. The lowest BCUT2D eigenvalue weighted by Gasteiger charge is -2.05. The predicted octanol–water partition coefficient (Wildman–Crippen LogP) is 3.17. The van der Waals surface area contributed by atoms with Crippen LogP contribution in [0.4, 0.5) is 5.69 Å². The van der Waals surface area contributed by atoms with Gasteiger partial charge in [0.05, 0.1) is 4.92 Å². The van der Waals surface area contributed by atoms with Crippen LogP contribution in [0.1, 0.15) is 36.5 Å². The van der Waals surface area contributed by atoms with Crippen molar-refractivity contribution >= 4 is 23.2 Å². The maximum Gasteiger partial charge on any atom is 0.283 e. The fourth-order valence-electron chi connectivity index (χ4n) is 1.52. The second kappa shape index (κ2) is 6.96. The zero-order chi connectivity index (χ0) is 13.5. The smallest absolute Gasteiger partial charge is 0.283 e. The summed E-state index contributed by atoms with van der Waals surface area (Å²) >= 11 is 5.68. The Morgan fingerprint density at radius 2 is 2.17 bits per heavy atom. The molecule has 0 heterocycles. The molecule has 1 N–H and O–H groups in total. The number of rotatable bonds is 6. The predicted molar refractivity (Wildman–Crippen MR) is 70.0 cm³/mol. The number of nitrogens with zero attached hydrogens (tertiary/aromatic N) is 1. The lowest BCUT2D eigenvalue weighted by atomic mass is 10.1. The quantitative estimate of drug-likeness (QED) is 0.490. The lowest BCUT2D eigenvalue weighted by Crippen LogP contribution is -2.25. The first-order valence-electron chi connectivity index (χ1n) is 5.78. The van der Waals surface area contributed by atoms with E-state index in [-0.39, 0.29) is 16.3 Å². The maximum atomic E-state index is 11.8. The van der Waals surface area contributed by atoms with Crippen molar-refractivity contribution in [2.45, 2.75) is 26.2 Å². The third-order valence-corrected chi connectivity index (χ3v) is 2.70. The first-order chi connectivity index (χ1) is 8.56. The van der Waals surface area contributed by atoms with Crippen LogP contribution >= 0.6 is 11.6 Å². The summed E-state index contributed by atoms with van der Waals surface area (Å²) in [4.78, 5) is 22.0. The van der Waals surface area contributed by atoms with Gasteiger partial charge in [0.1, 0.15) is 5.56 Å². The summed E-state index contributed by atoms with van der Waals surface area (Å²) in [6.07, 6.45) is 2.93. The van der Waals surface area contributed by atoms with Crippen molar-refractivity contribution in [3.8, 4) is 0 Å². The normalized spacial score (nSPS) is 10.1. The van der Waals surface area contributed by atoms with Crippen LogP contribution in [0, 0.1) is 10.1 Å². The van der Waals surface area contributed by atoms with Crippen LogP contribution in [0.25, 0.3) is 0 Å². The van der Waals surface area contributed by atoms with Crippen LogP contribution in [-0.2, 0) is 0 Å². The molecule has 98 valence electrons. The Kier molecular flexibility index (Phi) is 5.58. The number of hydrogen-bond donors (Lipinski definition) is 1. The van der Waals surface area contributed by atoms with Gasteiger partial charge in [-0.1, -0.05) is 31.4 Å². The monoisotopic (exact) mass is 270 g/mol. The standard InChI is InChI=1S/C12H15ClN2O3/c1-2-3-4-7-14-12(16)10-6-5-9(13)8-11(10)15(17)18/h5-6,8H,2-4,7H2,1H3,(H,14,16). The molecule has 1 rings (SSSR count). The Bertz CT molecular complexity index is 449. The van der Waals surface area contributed by atoms with Gasteiger partial charge in [0.25, 0.3) is 11.6 Å². The van der Waals surface area contributed by atoms with Crippen LogP contribution in [0.3, 0.4) is 0 Å². The Balaban J connectivity index is 2.76. The number of nitro groups is 1. The van der Waals surface area contributed by atoms with Crippen molar-refractivity contribution in [3.63, 3.8) is 0 Å². The molecule has 5 nitrogen and oxygen atoms in total. The van der Waals surface area contributed by atoms with E-state index in [9.17, 15) is 14.9 Å². The van der Waals surface area contributed by atoms with Crippen LogP contribution < -0.4 is 5.32 Å². The number of amides is 1. The first kappa shape index (κ1) is 14.4. The average molecular weight is 271 g/mol. The summed E-state index contributed by atoms with van der Waals surface area (Å²) in [5.41, 5.74) is -0.226. The second-order valence-electron chi connectivity index (χ2n) is 3.88. The van der Waals surface area contributed by atoms with Crippen molar-refractivity contribution in [2.24, 2.45) is 0 Å². The molecule has 1 aromatic carbocycles. The molecule has 0 aromatic heterocycles. The molecule has 0 saturated heterocycles. The van der Waals surface area contributed by atoms with Gasteiger partial charge in [-0.3, -0.25) is 14.9 Å². The van der Waals surface area contributed by atoms with Crippen LogP contribution in [-0.4, -0.2) is 17.4 Å². The van der Waals surface area contributed by atoms with E-state index >= 15 is 0 Å². The van der Waals surface area contributed by atoms with E-state index in [1.807, 2.05) is 0 Å². The van der Waals surface area contributed by atoms with E-state index in [4.69, 9.17) is 11.6 Å². The van der Waals surface area contributed by atoms with E-state index in [2.05, 4.69) is 12.2 Å². The molecule has 0 aliphatic rings. The highest BCUT2D eigenvalue weighted by Gasteiger charge is 2.19. The highest BCUT2D eigenvalue weighted by Crippen LogP contribution is 2.23. The lowest BCUT2D eigenvalue weighted by molar-refractivity contribution is -0.385. The number of hydrogen-bond acceptors (Lipinski definition) is 3. The van der Waals surface area contributed by atoms with E-state index in [0.717, 1.165) is 19.3 Å². The Morgan fingerprint density at radius 3 is 2.78 bits per heavy atom. The SMILES string of the molecule is CCCCCNC(=O)c1ccc(Cl)cc1[N+](=O)[O-]. The Labute approximate surface area is 110 Å². The number of carbonyl (C=O) groups excluding carboxylic acids is 1. The van der Waals surface area contributed by atoms with Crippen molar-refractivity contribution < 1.29 is 9.72 Å². The molecule has 0 bridgehead atoms. The number of unbranched alkanes of at least 4 members (excludes halogenated alkanes) is 2. The summed E-state index contributed by atoms with van der Waals surface area (Å²) in [7, 11) is 0. The van der Waals surface area contributed by atoms with Gasteiger partial charge in [-0.2, -0.15) is 0 Å². The van der Waals surface area contributed by atoms with Gasteiger partial charge in [-0.05, 0) is 18.6 Å². The van der Waals surface area contributed by atoms with Gasteiger partial charge in [0, 0.05) is 17.6 Å². The molecule has 1 amide bonds. The largest absolute Gasteiger partial charge is 0.352 e. The summed E-state index contributed by atoms with van der Waals surface area (Å²) in [5, 5.41) is 13.7. The molecule has 1 aromatic rings. The number of benzene rings is 1. The van der Waals surface area contributed by atoms with Gasteiger partial charge in [-0.15, -0.1) is 0 Å². The fraction of sp³-hybridized carbons (Fsp3) is 0.417. The molecule has 0 spiro atoms. The minimum absolute atomic E-state index is 0.0425. The second-order valence-corrected chi connectivity index (χ2v) is 4.32. The zero-order valence-corrected chi connectivity index (χ0v) is 10.9. The molecule has 0 aliphatic carbocycles. The van der Waals surface area contributed by atoms with Gasteiger partial charge >= 0.3 is 0 Å². The Hall–Kier alpha value is -1.62. The van der Waals surface area contributed by atoms with E-state index in [0.29, 0.717) is 6.54 Å². The minimum Gasteiger partial charge on any atom is -0.352 e. The summed E-state index contributed by atoms with van der Waals surface area (Å²) < 4.78 is 0. The van der Waals surface area contributed by atoms with Gasteiger partial charge in [0.15, 0.2) is 0 Å². The zero-order valence-electron chi connectivity index (χ0n) is 10.1. The van der Waals surface area contributed by atoms with Crippen molar-refractivity contribution in [1.29, 1.82) is 0 Å². The van der Waals surface area contributed by atoms with Crippen LogP contribution in [0.5, 0.6) is 0 Å². The third-order valence-electron chi connectivity index (χ3n) is 2.47. The van der Waals surface area contributed by atoms with Crippen LogP contribution in [0.2, 0.25) is 5.02 Å².